The number of sulfone groups is 1. The predicted octanol–water partition coefficient (Wildman–Crippen LogP) is 3.13. The molecule has 0 saturated heterocycles. The predicted molar refractivity (Wildman–Crippen MR) is 121 cm³/mol. The lowest BCUT2D eigenvalue weighted by Gasteiger charge is -2.14. The number of carbonyl (C=O) groups excluding carboxylic acids is 1. The average Bonchev–Trinajstić information content (AvgIpc) is 2.67. The number of amides is 1. The minimum Gasteiger partial charge on any atom is -0.474 e. The molecule has 0 aliphatic carbocycles. The number of ether oxygens (including phenoxy) is 1. The zero-order valence-electron chi connectivity index (χ0n) is 18.4. The fourth-order valence-electron chi connectivity index (χ4n) is 2.81. The van der Waals surface area contributed by atoms with Crippen molar-refractivity contribution in [3.05, 3.63) is 42.1 Å². The van der Waals surface area contributed by atoms with Crippen LogP contribution < -0.4 is 15.4 Å². The van der Waals surface area contributed by atoms with E-state index in [9.17, 15) is 13.2 Å². The first-order valence-electron chi connectivity index (χ1n) is 9.75. The number of aromatic nitrogens is 4. The van der Waals surface area contributed by atoms with E-state index in [1.54, 1.807) is 31.2 Å². The summed E-state index contributed by atoms with van der Waals surface area (Å²) in [6.07, 6.45) is 2.60. The van der Waals surface area contributed by atoms with E-state index in [2.05, 4.69) is 30.8 Å². The third-order valence-electron chi connectivity index (χ3n) is 4.07. The number of nitrogens with zero attached hydrogens (tertiary/aromatic N) is 4. The monoisotopic (exact) mass is 456 g/mol. The van der Waals surface area contributed by atoms with Crippen molar-refractivity contribution in [2.24, 2.45) is 0 Å². The maximum absolute atomic E-state index is 12.0. The van der Waals surface area contributed by atoms with Gasteiger partial charge in [-0.25, -0.2) is 18.4 Å². The summed E-state index contributed by atoms with van der Waals surface area (Å²) in [7, 11) is -3.50. The van der Waals surface area contributed by atoms with Gasteiger partial charge in [0.25, 0.3) is 0 Å². The first-order chi connectivity index (χ1) is 15.0. The highest BCUT2D eigenvalue weighted by molar-refractivity contribution is 7.90. The van der Waals surface area contributed by atoms with E-state index >= 15 is 0 Å². The second-order valence-electron chi connectivity index (χ2n) is 7.48. The Morgan fingerprint density at radius 2 is 1.84 bits per heavy atom. The number of anilines is 3. The van der Waals surface area contributed by atoms with Gasteiger partial charge in [-0.1, -0.05) is 0 Å². The van der Waals surface area contributed by atoms with Crippen LogP contribution >= 0.6 is 0 Å². The molecule has 0 aliphatic heterocycles. The molecule has 0 spiro atoms. The van der Waals surface area contributed by atoms with Gasteiger partial charge in [0.05, 0.1) is 17.5 Å². The van der Waals surface area contributed by atoms with Gasteiger partial charge < -0.3 is 15.4 Å². The normalized spacial score (nSPS) is 11.3. The van der Waals surface area contributed by atoms with Crippen LogP contribution in [-0.2, 0) is 14.6 Å². The number of carbonyl (C=O) groups is 1. The molecule has 0 radical (unpaired) electrons. The third kappa shape index (κ3) is 5.97. The molecule has 0 atom stereocenters. The molecule has 32 heavy (non-hydrogen) atoms. The Bertz CT molecular complexity index is 1240. The summed E-state index contributed by atoms with van der Waals surface area (Å²) in [5.74, 6) is 0.741. The topological polar surface area (TPSA) is 136 Å². The molecule has 0 bridgehead atoms. The van der Waals surface area contributed by atoms with E-state index in [0.717, 1.165) is 11.8 Å². The second kappa shape index (κ2) is 9.27. The quantitative estimate of drug-likeness (QED) is 0.549. The highest BCUT2D eigenvalue weighted by Crippen LogP contribution is 2.31. The second-order valence-corrected chi connectivity index (χ2v) is 9.45. The van der Waals surface area contributed by atoms with Crippen molar-refractivity contribution in [3.8, 4) is 17.1 Å². The smallest absolute Gasteiger partial charge is 0.233 e. The van der Waals surface area contributed by atoms with E-state index < -0.39 is 9.84 Å². The Kier molecular flexibility index (Phi) is 6.68. The molecule has 10 nitrogen and oxygen atoms in total. The summed E-state index contributed by atoms with van der Waals surface area (Å²) in [5, 5.41) is 14.0. The summed E-state index contributed by atoms with van der Waals surface area (Å²) in [5.41, 5.74) is 2.30. The fourth-order valence-corrected chi connectivity index (χ4v) is 3.47. The molecule has 0 unspecified atom stereocenters. The lowest BCUT2D eigenvalue weighted by Crippen LogP contribution is -2.09. The lowest BCUT2D eigenvalue weighted by atomic mass is 10.1. The Morgan fingerprint density at radius 3 is 2.44 bits per heavy atom. The van der Waals surface area contributed by atoms with Crippen molar-refractivity contribution < 1.29 is 17.9 Å². The summed E-state index contributed by atoms with van der Waals surface area (Å²) >= 11 is 0. The molecular formula is C21H24N6O4S. The third-order valence-corrected chi connectivity index (χ3v) is 5.04. The van der Waals surface area contributed by atoms with Gasteiger partial charge in [0.1, 0.15) is 11.6 Å². The molecule has 0 aromatic carbocycles. The summed E-state index contributed by atoms with van der Waals surface area (Å²) in [6, 6.07) is 8.25. The molecule has 3 aromatic rings. The van der Waals surface area contributed by atoms with Crippen LogP contribution in [0.1, 0.15) is 26.3 Å². The van der Waals surface area contributed by atoms with Gasteiger partial charge in [0, 0.05) is 37.1 Å². The zero-order valence-corrected chi connectivity index (χ0v) is 19.2. The zero-order chi connectivity index (χ0) is 23.5. The Balaban J connectivity index is 2.05. The van der Waals surface area contributed by atoms with Crippen LogP contribution in [0.2, 0.25) is 0 Å². The van der Waals surface area contributed by atoms with Crippen molar-refractivity contribution in [1.82, 2.24) is 20.2 Å². The number of nitrogens with one attached hydrogen (secondary N) is 2. The summed E-state index contributed by atoms with van der Waals surface area (Å²) < 4.78 is 29.5. The fraction of sp³-hybridized carbons (Fsp3) is 0.286. The van der Waals surface area contributed by atoms with Crippen LogP contribution in [0.15, 0.2) is 41.6 Å². The number of aryl methyl sites for hydroxylation is 1. The minimum atomic E-state index is -3.50. The Labute approximate surface area is 186 Å². The molecule has 168 valence electrons. The molecule has 0 fully saturated rings. The summed E-state index contributed by atoms with van der Waals surface area (Å²) in [4.78, 5) is 19.9. The highest BCUT2D eigenvalue weighted by Gasteiger charge is 2.15. The molecule has 0 saturated carbocycles. The van der Waals surface area contributed by atoms with Crippen molar-refractivity contribution in [1.29, 1.82) is 0 Å². The number of rotatable bonds is 7. The van der Waals surface area contributed by atoms with Crippen molar-refractivity contribution in [2.45, 2.75) is 38.8 Å². The van der Waals surface area contributed by atoms with Gasteiger partial charge in [-0.05, 0) is 44.5 Å². The van der Waals surface area contributed by atoms with Crippen LogP contribution in [0.5, 0.6) is 5.88 Å². The molecule has 2 N–H and O–H groups in total. The number of pyridine rings is 2. The first kappa shape index (κ1) is 23.1. The largest absolute Gasteiger partial charge is 0.474 e. The molecule has 3 aromatic heterocycles. The number of hydrogen-bond donors (Lipinski definition) is 2. The van der Waals surface area contributed by atoms with Crippen LogP contribution in [0.25, 0.3) is 11.3 Å². The first-order valence-corrected chi connectivity index (χ1v) is 11.6. The van der Waals surface area contributed by atoms with E-state index in [1.807, 2.05) is 13.8 Å². The maximum atomic E-state index is 12.0. The van der Waals surface area contributed by atoms with Gasteiger partial charge in [0.2, 0.25) is 11.8 Å². The van der Waals surface area contributed by atoms with Gasteiger partial charge in [-0.3, -0.25) is 4.79 Å². The Hall–Kier alpha value is -3.60. The van der Waals surface area contributed by atoms with E-state index in [4.69, 9.17) is 4.74 Å². The van der Waals surface area contributed by atoms with Crippen molar-refractivity contribution in [2.75, 3.05) is 16.9 Å². The standard InChI is InChI=1S/C21H24N6O4S/c1-12(2)31-20-7-6-16(26-27-20)15-11-22-18(23-14(4)28)10-17(15)24-19-8-13(3)9-21(25-19)32(5,29)30/h6-12H,1-5H3,(H2,22,23,24,25,28). The average molecular weight is 457 g/mol. The number of hydrogen-bond acceptors (Lipinski definition) is 9. The van der Waals surface area contributed by atoms with E-state index in [1.165, 1.54) is 19.2 Å². The van der Waals surface area contributed by atoms with Gasteiger partial charge >= 0.3 is 0 Å². The molecule has 0 aliphatic rings. The molecular weight excluding hydrogens is 432 g/mol. The molecule has 11 heteroatoms. The van der Waals surface area contributed by atoms with Crippen LogP contribution in [0.3, 0.4) is 0 Å². The minimum absolute atomic E-state index is 0.0394. The van der Waals surface area contributed by atoms with Gasteiger partial charge in [-0.15, -0.1) is 10.2 Å². The van der Waals surface area contributed by atoms with Crippen LogP contribution in [0, 0.1) is 6.92 Å². The SMILES string of the molecule is CC(=O)Nc1cc(Nc2cc(C)cc(S(C)(=O)=O)n2)c(-c2ccc(OC(C)C)nn2)cn1. The van der Waals surface area contributed by atoms with E-state index in [-0.39, 0.29) is 17.0 Å². The van der Waals surface area contributed by atoms with Gasteiger partial charge in [0.15, 0.2) is 14.9 Å². The molecule has 3 rings (SSSR count). The summed E-state index contributed by atoms with van der Waals surface area (Å²) in [6.45, 7) is 6.93. The van der Waals surface area contributed by atoms with E-state index in [0.29, 0.717) is 34.5 Å². The van der Waals surface area contributed by atoms with Crippen molar-refractivity contribution in [3.63, 3.8) is 0 Å². The Morgan fingerprint density at radius 1 is 1.09 bits per heavy atom. The highest BCUT2D eigenvalue weighted by atomic mass is 32.2. The maximum Gasteiger partial charge on any atom is 0.233 e. The molecule has 1 amide bonds. The molecule has 3 heterocycles. The van der Waals surface area contributed by atoms with Crippen molar-refractivity contribution >= 4 is 33.1 Å². The van der Waals surface area contributed by atoms with Crippen LogP contribution in [0.4, 0.5) is 17.3 Å². The van der Waals surface area contributed by atoms with Crippen LogP contribution in [-0.4, -0.2) is 46.9 Å². The van der Waals surface area contributed by atoms with Gasteiger partial charge in [-0.2, -0.15) is 0 Å². The lowest BCUT2D eigenvalue weighted by molar-refractivity contribution is -0.114.